The van der Waals surface area contributed by atoms with Crippen LogP contribution < -0.4 is 5.32 Å². The maximum Gasteiger partial charge on any atom is 0.0813 e. The summed E-state index contributed by atoms with van der Waals surface area (Å²) < 4.78 is 1.23. The van der Waals surface area contributed by atoms with Gasteiger partial charge in [-0.3, -0.25) is 0 Å². The molecule has 0 saturated heterocycles. The first-order valence-electron chi connectivity index (χ1n) is 6.50. The van der Waals surface area contributed by atoms with Gasteiger partial charge < -0.3 is 5.32 Å². The first kappa shape index (κ1) is 12.2. The summed E-state index contributed by atoms with van der Waals surface area (Å²) in [5, 5.41) is 3.50. The zero-order valence-electron chi connectivity index (χ0n) is 10.9. The fourth-order valence-electron chi connectivity index (χ4n) is 2.24. The van der Waals surface area contributed by atoms with Crippen molar-refractivity contribution in [2.45, 2.75) is 19.9 Å². The zero-order chi connectivity index (χ0) is 13.1. The molecular weight excluding hydrogens is 252 g/mol. The van der Waals surface area contributed by atoms with Crippen LogP contribution >= 0.6 is 11.3 Å². The van der Waals surface area contributed by atoms with Gasteiger partial charge in [-0.15, -0.1) is 11.3 Å². The molecule has 96 valence electrons. The molecule has 19 heavy (non-hydrogen) atoms. The van der Waals surface area contributed by atoms with Gasteiger partial charge in [-0.2, -0.15) is 0 Å². The topological polar surface area (TPSA) is 24.9 Å². The predicted molar refractivity (Wildman–Crippen MR) is 82.8 cm³/mol. The summed E-state index contributed by atoms with van der Waals surface area (Å²) in [5.41, 5.74) is 6.90. The minimum atomic E-state index is 0.869. The van der Waals surface area contributed by atoms with E-state index in [1.807, 2.05) is 5.51 Å². The Hall–Kier alpha value is -1.87. The Morgan fingerprint density at radius 3 is 2.79 bits per heavy atom. The molecule has 0 aliphatic carbocycles. The van der Waals surface area contributed by atoms with Gasteiger partial charge in [0.2, 0.25) is 0 Å². The van der Waals surface area contributed by atoms with Gasteiger partial charge in [-0.25, -0.2) is 4.98 Å². The largest absolute Gasteiger partial charge is 0.381 e. The molecule has 3 heteroatoms. The van der Waals surface area contributed by atoms with Crippen LogP contribution in [0.5, 0.6) is 0 Å². The quantitative estimate of drug-likeness (QED) is 0.755. The van der Waals surface area contributed by atoms with Crippen molar-refractivity contribution in [2.24, 2.45) is 0 Å². The van der Waals surface area contributed by atoms with Gasteiger partial charge in [-0.1, -0.05) is 31.2 Å². The van der Waals surface area contributed by atoms with Crippen molar-refractivity contribution in [3.05, 3.63) is 59.1 Å². The maximum atomic E-state index is 4.30. The highest BCUT2D eigenvalue weighted by molar-refractivity contribution is 7.16. The summed E-state index contributed by atoms with van der Waals surface area (Å²) in [7, 11) is 0. The molecule has 1 N–H and O–H groups in total. The molecule has 1 aromatic heterocycles. The van der Waals surface area contributed by atoms with Crippen molar-refractivity contribution in [1.82, 2.24) is 4.98 Å². The molecule has 0 bridgehead atoms. The Kier molecular flexibility index (Phi) is 3.47. The Labute approximate surface area is 117 Å². The fourth-order valence-corrected chi connectivity index (χ4v) is 2.95. The molecule has 3 rings (SSSR count). The number of anilines is 1. The summed E-state index contributed by atoms with van der Waals surface area (Å²) in [6, 6.07) is 14.9. The van der Waals surface area contributed by atoms with Gasteiger partial charge in [0.1, 0.15) is 0 Å². The number of thiazole rings is 1. The molecule has 0 amide bonds. The SMILES string of the molecule is CCc1ccccc1CNc1ccc2ncsc2c1. The number of fused-ring (bicyclic) bond motifs is 1. The first-order valence-corrected chi connectivity index (χ1v) is 7.38. The van der Waals surface area contributed by atoms with E-state index in [-0.39, 0.29) is 0 Å². The molecule has 2 aromatic carbocycles. The van der Waals surface area contributed by atoms with Crippen LogP contribution in [0.4, 0.5) is 5.69 Å². The molecule has 0 unspecified atom stereocenters. The molecular formula is C16H16N2S. The lowest BCUT2D eigenvalue weighted by Gasteiger charge is -2.10. The summed E-state index contributed by atoms with van der Waals surface area (Å²) in [6.07, 6.45) is 1.08. The Morgan fingerprint density at radius 2 is 1.95 bits per heavy atom. The number of nitrogens with one attached hydrogen (secondary N) is 1. The highest BCUT2D eigenvalue weighted by Gasteiger charge is 2.01. The number of nitrogens with zero attached hydrogens (tertiary/aromatic N) is 1. The van der Waals surface area contributed by atoms with Gasteiger partial charge in [0, 0.05) is 12.2 Å². The Balaban J connectivity index is 1.78. The fraction of sp³-hybridized carbons (Fsp3) is 0.188. The summed E-state index contributed by atoms with van der Waals surface area (Å²) in [5.74, 6) is 0. The van der Waals surface area contributed by atoms with Gasteiger partial charge in [0.25, 0.3) is 0 Å². The Morgan fingerprint density at radius 1 is 1.11 bits per heavy atom. The van der Waals surface area contributed by atoms with Crippen LogP contribution in [0.15, 0.2) is 48.0 Å². The summed E-state index contributed by atoms with van der Waals surface area (Å²) in [4.78, 5) is 4.30. The second-order valence-electron chi connectivity index (χ2n) is 4.51. The third-order valence-electron chi connectivity index (χ3n) is 3.31. The lowest BCUT2D eigenvalue weighted by Crippen LogP contribution is -2.02. The van der Waals surface area contributed by atoms with Gasteiger partial charge >= 0.3 is 0 Å². The van der Waals surface area contributed by atoms with E-state index in [1.54, 1.807) is 11.3 Å². The molecule has 2 nitrogen and oxygen atoms in total. The molecule has 0 atom stereocenters. The highest BCUT2D eigenvalue weighted by atomic mass is 32.1. The van der Waals surface area contributed by atoms with Crippen LogP contribution in [0.2, 0.25) is 0 Å². The number of hydrogen-bond acceptors (Lipinski definition) is 3. The van der Waals surface area contributed by atoms with Crippen LogP contribution in [-0.4, -0.2) is 4.98 Å². The van der Waals surface area contributed by atoms with Crippen molar-refractivity contribution in [1.29, 1.82) is 0 Å². The molecule has 0 saturated carbocycles. The van der Waals surface area contributed by atoms with Crippen molar-refractivity contribution >= 4 is 27.2 Å². The average molecular weight is 268 g/mol. The normalized spacial score (nSPS) is 10.8. The smallest absolute Gasteiger partial charge is 0.0813 e. The number of aryl methyl sites for hydroxylation is 1. The standard InChI is InChI=1S/C16H16N2S/c1-2-12-5-3-4-6-13(12)10-17-14-7-8-15-16(9-14)19-11-18-15/h3-9,11,17H,2,10H2,1H3. The van der Waals surface area contributed by atoms with E-state index in [9.17, 15) is 0 Å². The third kappa shape index (κ3) is 2.61. The average Bonchev–Trinajstić information content (AvgIpc) is 2.93. The summed E-state index contributed by atoms with van der Waals surface area (Å²) in [6.45, 7) is 3.07. The molecule has 0 aliphatic heterocycles. The molecule has 0 spiro atoms. The maximum absolute atomic E-state index is 4.30. The van der Waals surface area contributed by atoms with Crippen molar-refractivity contribution in [2.75, 3.05) is 5.32 Å². The minimum Gasteiger partial charge on any atom is -0.381 e. The van der Waals surface area contributed by atoms with E-state index < -0.39 is 0 Å². The third-order valence-corrected chi connectivity index (χ3v) is 4.11. The molecule has 0 aliphatic rings. The van der Waals surface area contributed by atoms with E-state index in [2.05, 4.69) is 59.7 Å². The number of aromatic nitrogens is 1. The summed E-state index contributed by atoms with van der Waals surface area (Å²) >= 11 is 1.68. The molecule has 1 heterocycles. The number of rotatable bonds is 4. The number of hydrogen-bond donors (Lipinski definition) is 1. The van der Waals surface area contributed by atoms with E-state index in [0.29, 0.717) is 0 Å². The van der Waals surface area contributed by atoms with E-state index in [4.69, 9.17) is 0 Å². The lowest BCUT2D eigenvalue weighted by molar-refractivity contribution is 1.04. The molecule has 3 aromatic rings. The van der Waals surface area contributed by atoms with Gasteiger partial charge in [0.15, 0.2) is 0 Å². The number of benzene rings is 2. The van der Waals surface area contributed by atoms with E-state index >= 15 is 0 Å². The minimum absolute atomic E-state index is 0.869. The van der Waals surface area contributed by atoms with Crippen molar-refractivity contribution in [3.63, 3.8) is 0 Å². The molecule has 0 fully saturated rings. The lowest BCUT2D eigenvalue weighted by atomic mass is 10.1. The van der Waals surface area contributed by atoms with E-state index in [0.717, 1.165) is 24.2 Å². The van der Waals surface area contributed by atoms with E-state index in [1.165, 1.54) is 15.8 Å². The highest BCUT2D eigenvalue weighted by Crippen LogP contribution is 2.22. The van der Waals surface area contributed by atoms with Crippen molar-refractivity contribution < 1.29 is 0 Å². The van der Waals surface area contributed by atoms with Crippen LogP contribution in [0.25, 0.3) is 10.2 Å². The zero-order valence-corrected chi connectivity index (χ0v) is 11.7. The van der Waals surface area contributed by atoms with Crippen LogP contribution in [0.3, 0.4) is 0 Å². The predicted octanol–water partition coefficient (Wildman–Crippen LogP) is 4.47. The Bertz CT molecular complexity index is 688. The van der Waals surface area contributed by atoms with Crippen LogP contribution in [-0.2, 0) is 13.0 Å². The van der Waals surface area contributed by atoms with Crippen LogP contribution in [0.1, 0.15) is 18.1 Å². The first-order chi connectivity index (χ1) is 9.36. The van der Waals surface area contributed by atoms with Crippen LogP contribution in [0, 0.1) is 0 Å². The van der Waals surface area contributed by atoms with Gasteiger partial charge in [-0.05, 0) is 35.7 Å². The second kappa shape index (κ2) is 5.41. The monoisotopic (exact) mass is 268 g/mol. The van der Waals surface area contributed by atoms with Gasteiger partial charge in [0.05, 0.1) is 15.7 Å². The molecule has 0 radical (unpaired) electrons. The van der Waals surface area contributed by atoms with Crippen molar-refractivity contribution in [3.8, 4) is 0 Å². The second-order valence-corrected chi connectivity index (χ2v) is 5.40.